The SMILES string of the molecule is CC/C=C\C/C=C\C/C=C\C/C=C\C/C=C\CCCC(=O)OCC(COC(=O)CCCCCCCCCCCCCCCCCCCCCC)OC(=O)CCCCCCCCC/C=C\C/C=C\CCCCCC. The van der Waals surface area contributed by atoms with Crippen LogP contribution in [-0.2, 0) is 28.6 Å². The lowest BCUT2D eigenvalue weighted by atomic mass is 10.0. The van der Waals surface area contributed by atoms with E-state index >= 15 is 0 Å². The number of ether oxygens (including phenoxy) is 3. The van der Waals surface area contributed by atoms with Gasteiger partial charge in [0.15, 0.2) is 6.10 Å². The second-order valence-electron chi connectivity index (χ2n) is 20.6. The molecule has 0 aromatic heterocycles. The Morgan fingerprint density at radius 3 is 0.904 bits per heavy atom. The molecule has 6 nitrogen and oxygen atoms in total. The molecule has 0 aliphatic carbocycles. The van der Waals surface area contributed by atoms with Gasteiger partial charge in [-0.3, -0.25) is 14.4 Å². The topological polar surface area (TPSA) is 78.9 Å². The number of unbranched alkanes of at least 4 members (excludes halogenated alkanes) is 31. The highest BCUT2D eigenvalue weighted by molar-refractivity contribution is 5.71. The summed E-state index contributed by atoms with van der Waals surface area (Å²) in [5, 5.41) is 0. The number of carbonyl (C=O) groups excluding carboxylic acids is 3. The van der Waals surface area contributed by atoms with Crippen LogP contribution in [0.5, 0.6) is 0 Å². The first-order valence-electron chi connectivity index (χ1n) is 31.1. The van der Waals surface area contributed by atoms with Gasteiger partial charge in [-0.25, -0.2) is 0 Å². The van der Waals surface area contributed by atoms with Gasteiger partial charge in [-0.15, -0.1) is 0 Å². The van der Waals surface area contributed by atoms with Gasteiger partial charge in [0.25, 0.3) is 0 Å². The van der Waals surface area contributed by atoms with Gasteiger partial charge in [-0.05, 0) is 89.9 Å². The summed E-state index contributed by atoms with van der Waals surface area (Å²) in [5.74, 6) is -0.952. The van der Waals surface area contributed by atoms with Gasteiger partial charge in [0.1, 0.15) is 13.2 Å². The third-order valence-corrected chi connectivity index (χ3v) is 13.4. The maximum Gasteiger partial charge on any atom is 0.306 e. The fourth-order valence-electron chi connectivity index (χ4n) is 8.75. The summed E-state index contributed by atoms with van der Waals surface area (Å²) < 4.78 is 16.9. The maximum absolute atomic E-state index is 12.9. The number of hydrogen-bond donors (Lipinski definition) is 0. The third-order valence-electron chi connectivity index (χ3n) is 13.4. The zero-order valence-electron chi connectivity index (χ0n) is 48.1. The Balaban J connectivity index is 4.44. The van der Waals surface area contributed by atoms with E-state index in [4.69, 9.17) is 14.2 Å². The Morgan fingerprint density at radius 2 is 0.548 bits per heavy atom. The van der Waals surface area contributed by atoms with Crippen molar-refractivity contribution in [1.29, 1.82) is 0 Å². The first-order valence-corrected chi connectivity index (χ1v) is 31.1. The van der Waals surface area contributed by atoms with Crippen molar-refractivity contribution in [2.24, 2.45) is 0 Å². The van der Waals surface area contributed by atoms with Crippen molar-refractivity contribution in [3.63, 3.8) is 0 Å². The van der Waals surface area contributed by atoms with Crippen LogP contribution in [0.3, 0.4) is 0 Å². The van der Waals surface area contributed by atoms with Crippen LogP contribution in [0.2, 0.25) is 0 Å². The van der Waals surface area contributed by atoms with Crippen molar-refractivity contribution in [2.45, 2.75) is 309 Å². The number of allylic oxidation sites excluding steroid dienone is 14. The molecule has 0 spiro atoms. The highest BCUT2D eigenvalue weighted by Gasteiger charge is 2.19. The van der Waals surface area contributed by atoms with Crippen molar-refractivity contribution in [1.82, 2.24) is 0 Å². The summed E-state index contributed by atoms with van der Waals surface area (Å²) >= 11 is 0. The normalized spacial score (nSPS) is 12.6. The van der Waals surface area contributed by atoms with E-state index in [1.54, 1.807) is 0 Å². The smallest absolute Gasteiger partial charge is 0.306 e. The average Bonchev–Trinajstić information content (AvgIpc) is 3.39. The van der Waals surface area contributed by atoms with Gasteiger partial charge in [0.05, 0.1) is 0 Å². The highest BCUT2D eigenvalue weighted by atomic mass is 16.6. The monoisotopic (exact) mass is 1020 g/mol. The van der Waals surface area contributed by atoms with E-state index in [0.29, 0.717) is 19.3 Å². The van der Waals surface area contributed by atoms with Crippen molar-refractivity contribution in [2.75, 3.05) is 13.2 Å². The standard InChI is InChI=1S/C67H116O6/c1-4-7-10-13-16-19-22-25-28-31-33-34-37-39-42-45-48-51-54-57-60-66(69)72-63-64(62-71-65(68)59-56-53-50-47-44-41-38-35-30-27-24-21-18-15-12-9-6-3)73-67(70)61-58-55-52-49-46-43-40-36-32-29-26-23-20-17-14-11-8-5-2/h9,12,18,20-21,23,27,29-30,32,38,41,47,50,64H,4-8,10-11,13-17,19,22,24-26,28,31,33-37,39-40,42-46,48-49,51-63H2,1-3H3/b12-9-,21-18-,23-20-,30-27-,32-29-,41-38-,50-47-. The molecule has 0 fully saturated rings. The number of rotatable bonds is 56. The van der Waals surface area contributed by atoms with Gasteiger partial charge in [-0.2, -0.15) is 0 Å². The molecule has 0 saturated heterocycles. The highest BCUT2D eigenvalue weighted by Crippen LogP contribution is 2.17. The van der Waals surface area contributed by atoms with Crippen LogP contribution in [0.1, 0.15) is 303 Å². The van der Waals surface area contributed by atoms with Gasteiger partial charge >= 0.3 is 17.9 Å². The second-order valence-corrected chi connectivity index (χ2v) is 20.6. The summed E-state index contributed by atoms with van der Waals surface area (Å²) in [5.41, 5.74) is 0. The van der Waals surface area contributed by atoms with Crippen LogP contribution in [0.15, 0.2) is 85.1 Å². The molecule has 0 aromatic rings. The quantitative estimate of drug-likeness (QED) is 0.0261. The van der Waals surface area contributed by atoms with Gasteiger partial charge < -0.3 is 14.2 Å². The van der Waals surface area contributed by atoms with Crippen LogP contribution >= 0.6 is 0 Å². The molecule has 0 aliphatic rings. The minimum Gasteiger partial charge on any atom is -0.462 e. The summed E-state index contributed by atoms with van der Waals surface area (Å²) in [7, 11) is 0. The molecule has 0 rings (SSSR count). The predicted molar refractivity (Wildman–Crippen MR) is 316 cm³/mol. The molecule has 0 aliphatic heterocycles. The first kappa shape index (κ1) is 69.6. The molecular formula is C67H116O6. The van der Waals surface area contributed by atoms with Crippen molar-refractivity contribution < 1.29 is 28.6 Å². The summed E-state index contributed by atoms with van der Waals surface area (Å²) in [6, 6.07) is 0. The van der Waals surface area contributed by atoms with Gasteiger partial charge in [0, 0.05) is 19.3 Å². The lowest BCUT2D eigenvalue weighted by Gasteiger charge is -2.18. The molecular weight excluding hydrogens is 901 g/mol. The fraction of sp³-hybridized carbons (Fsp3) is 0.746. The predicted octanol–water partition coefficient (Wildman–Crippen LogP) is 21.1. The average molecular weight is 1020 g/mol. The van der Waals surface area contributed by atoms with E-state index in [-0.39, 0.29) is 37.5 Å². The minimum atomic E-state index is -0.804. The van der Waals surface area contributed by atoms with E-state index in [9.17, 15) is 14.4 Å². The third kappa shape index (κ3) is 59.3. The molecule has 0 saturated carbocycles. The van der Waals surface area contributed by atoms with E-state index in [0.717, 1.165) is 89.9 Å². The zero-order chi connectivity index (χ0) is 52.9. The summed E-state index contributed by atoms with van der Waals surface area (Å²) in [4.78, 5) is 38.3. The fourth-order valence-corrected chi connectivity index (χ4v) is 8.75. The van der Waals surface area contributed by atoms with Crippen molar-refractivity contribution in [3.05, 3.63) is 85.1 Å². The van der Waals surface area contributed by atoms with Gasteiger partial charge in [-0.1, -0.05) is 279 Å². The lowest BCUT2D eigenvalue weighted by molar-refractivity contribution is -0.167. The zero-order valence-corrected chi connectivity index (χ0v) is 48.1. The summed E-state index contributed by atoms with van der Waals surface area (Å²) in [6.07, 6.45) is 80.2. The maximum atomic E-state index is 12.9. The van der Waals surface area contributed by atoms with Crippen LogP contribution in [0.25, 0.3) is 0 Å². The molecule has 420 valence electrons. The van der Waals surface area contributed by atoms with E-state index in [2.05, 4.69) is 106 Å². The van der Waals surface area contributed by atoms with Crippen LogP contribution in [0, 0.1) is 0 Å². The first-order chi connectivity index (χ1) is 36.0. The molecule has 0 aromatic carbocycles. The van der Waals surface area contributed by atoms with Crippen molar-refractivity contribution >= 4 is 17.9 Å². The van der Waals surface area contributed by atoms with Crippen molar-refractivity contribution in [3.8, 4) is 0 Å². The largest absolute Gasteiger partial charge is 0.462 e. The summed E-state index contributed by atoms with van der Waals surface area (Å²) in [6.45, 7) is 6.49. The molecule has 1 unspecified atom stereocenters. The lowest BCUT2D eigenvalue weighted by Crippen LogP contribution is -2.30. The second kappa shape index (κ2) is 61.1. The number of esters is 3. The van der Waals surface area contributed by atoms with E-state index in [1.165, 1.54) is 167 Å². The number of hydrogen-bond acceptors (Lipinski definition) is 6. The Labute approximate surface area is 452 Å². The molecule has 73 heavy (non-hydrogen) atoms. The van der Waals surface area contributed by atoms with E-state index in [1.807, 2.05) is 0 Å². The molecule has 0 N–H and O–H groups in total. The van der Waals surface area contributed by atoms with Gasteiger partial charge in [0.2, 0.25) is 0 Å². The van der Waals surface area contributed by atoms with E-state index < -0.39 is 6.10 Å². The Morgan fingerprint density at radius 1 is 0.288 bits per heavy atom. The molecule has 0 amide bonds. The Hall–Kier alpha value is -3.41. The molecule has 0 bridgehead atoms. The minimum absolute atomic E-state index is 0.0951. The Bertz CT molecular complexity index is 1400. The molecule has 1 atom stereocenters. The van der Waals surface area contributed by atoms with Crippen LogP contribution < -0.4 is 0 Å². The number of carbonyl (C=O) groups is 3. The molecule has 0 radical (unpaired) electrons. The Kier molecular flexibility index (Phi) is 58.3. The van der Waals surface area contributed by atoms with Crippen LogP contribution in [0.4, 0.5) is 0 Å². The van der Waals surface area contributed by atoms with Crippen LogP contribution in [-0.4, -0.2) is 37.2 Å². The molecule has 0 heterocycles. The molecule has 6 heteroatoms.